The largest absolute Gasteiger partial charge is 0.370 e. The molecule has 0 aliphatic rings. The highest BCUT2D eigenvalue weighted by atomic mass is 79.9. The van der Waals surface area contributed by atoms with E-state index in [1.54, 1.807) is 0 Å². The van der Waals surface area contributed by atoms with Gasteiger partial charge in [-0.05, 0) is 18.6 Å². The number of carbonyl (C=O) groups is 2. The first-order valence-corrected chi connectivity index (χ1v) is 6.29. The number of hydrogen-bond donors (Lipinski definition) is 3. The minimum absolute atomic E-state index is 0. The molecule has 1 aromatic rings. The van der Waals surface area contributed by atoms with Gasteiger partial charge >= 0.3 is 0 Å². The number of amides is 2. The van der Waals surface area contributed by atoms with Crippen LogP contribution in [0.15, 0.2) is 28.7 Å². The summed E-state index contributed by atoms with van der Waals surface area (Å²) in [5, 5.41) is 2.74. The zero-order valence-electron chi connectivity index (χ0n) is 10.4. The molecule has 0 saturated carbocycles. The maximum Gasteiger partial charge on any atom is 0.237 e. The summed E-state index contributed by atoms with van der Waals surface area (Å²) in [6.07, 6.45) is -0.158. The van der Waals surface area contributed by atoms with Crippen LogP contribution in [0, 0.1) is 0 Å². The van der Waals surface area contributed by atoms with Crippen LogP contribution in [0.2, 0.25) is 0 Å². The fourth-order valence-corrected chi connectivity index (χ4v) is 2.16. The smallest absolute Gasteiger partial charge is 0.237 e. The van der Waals surface area contributed by atoms with Crippen molar-refractivity contribution in [3.05, 3.63) is 34.3 Å². The minimum Gasteiger partial charge on any atom is -0.370 e. The summed E-state index contributed by atoms with van der Waals surface area (Å²) >= 11 is 3.41. The first-order chi connectivity index (χ1) is 8.41. The molecular weight excluding hydrogens is 334 g/mol. The number of benzene rings is 1. The van der Waals surface area contributed by atoms with Gasteiger partial charge in [0.25, 0.3) is 0 Å². The lowest BCUT2D eigenvalue weighted by Gasteiger charge is -2.18. The summed E-state index contributed by atoms with van der Waals surface area (Å²) in [6, 6.07) is 6.45. The number of hydrogen-bond acceptors (Lipinski definition) is 3. The lowest BCUT2D eigenvalue weighted by molar-refractivity contribution is -0.126. The van der Waals surface area contributed by atoms with Gasteiger partial charge in [-0.2, -0.15) is 0 Å². The van der Waals surface area contributed by atoms with E-state index in [2.05, 4.69) is 21.2 Å². The van der Waals surface area contributed by atoms with Crippen LogP contribution in [-0.4, -0.2) is 17.9 Å². The van der Waals surface area contributed by atoms with Gasteiger partial charge < -0.3 is 16.8 Å². The third-order valence-electron chi connectivity index (χ3n) is 2.49. The quantitative estimate of drug-likeness (QED) is 0.745. The molecule has 2 amide bonds. The maximum absolute atomic E-state index is 11.7. The molecule has 0 aliphatic heterocycles. The standard InChI is InChI=1S/C12H16BrN3O2.ClH/c1-7(8-4-2-3-5-9(8)13)16-12(18)10(14)6-11(15)17;/h2-5,7,10H,6,14H2,1H3,(H2,15,17)(H,16,18);1H. The van der Waals surface area contributed by atoms with E-state index >= 15 is 0 Å². The van der Waals surface area contributed by atoms with Crippen molar-refractivity contribution in [2.24, 2.45) is 11.5 Å². The first kappa shape index (κ1) is 17.9. The van der Waals surface area contributed by atoms with Crippen LogP contribution in [0.3, 0.4) is 0 Å². The highest BCUT2D eigenvalue weighted by Crippen LogP contribution is 2.22. The fourth-order valence-electron chi connectivity index (χ4n) is 1.53. The topological polar surface area (TPSA) is 98.2 Å². The van der Waals surface area contributed by atoms with Crippen LogP contribution in [0.5, 0.6) is 0 Å². The zero-order chi connectivity index (χ0) is 13.7. The van der Waals surface area contributed by atoms with E-state index in [-0.39, 0.29) is 24.9 Å². The predicted octanol–water partition coefficient (Wildman–Crippen LogP) is 1.25. The van der Waals surface area contributed by atoms with E-state index in [0.29, 0.717) is 0 Å². The Kier molecular flexibility index (Phi) is 7.66. The average Bonchev–Trinajstić information content (AvgIpc) is 2.28. The van der Waals surface area contributed by atoms with Gasteiger partial charge in [0.2, 0.25) is 11.8 Å². The van der Waals surface area contributed by atoms with Crippen molar-refractivity contribution >= 4 is 40.2 Å². The number of nitrogens with one attached hydrogen (secondary N) is 1. The second kappa shape index (κ2) is 8.14. The molecule has 0 fully saturated rings. The van der Waals surface area contributed by atoms with E-state index < -0.39 is 17.9 Å². The summed E-state index contributed by atoms with van der Waals surface area (Å²) in [4.78, 5) is 22.4. The summed E-state index contributed by atoms with van der Waals surface area (Å²) in [6.45, 7) is 1.84. The van der Waals surface area contributed by atoms with Crippen molar-refractivity contribution in [1.82, 2.24) is 5.32 Å². The second-order valence-electron chi connectivity index (χ2n) is 4.03. The van der Waals surface area contributed by atoms with Crippen LogP contribution < -0.4 is 16.8 Å². The third-order valence-corrected chi connectivity index (χ3v) is 3.21. The Morgan fingerprint density at radius 3 is 2.47 bits per heavy atom. The Hall–Kier alpha value is -1.11. The number of rotatable bonds is 5. The molecule has 0 heterocycles. The molecule has 0 aromatic heterocycles. The van der Waals surface area contributed by atoms with Crippen molar-refractivity contribution < 1.29 is 9.59 Å². The molecule has 0 spiro atoms. The van der Waals surface area contributed by atoms with E-state index in [0.717, 1.165) is 10.0 Å². The van der Waals surface area contributed by atoms with Crippen molar-refractivity contribution in [2.45, 2.75) is 25.4 Å². The molecule has 1 aromatic carbocycles. The van der Waals surface area contributed by atoms with Crippen LogP contribution in [0.4, 0.5) is 0 Å². The summed E-state index contributed by atoms with van der Waals surface area (Å²) in [7, 11) is 0. The van der Waals surface area contributed by atoms with Gasteiger partial charge in [-0.25, -0.2) is 0 Å². The van der Waals surface area contributed by atoms with Gasteiger partial charge in [-0.1, -0.05) is 34.1 Å². The third kappa shape index (κ3) is 5.59. The van der Waals surface area contributed by atoms with Crippen LogP contribution in [0.25, 0.3) is 0 Å². The molecule has 0 bridgehead atoms. The molecule has 2 atom stereocenters. The van der Waals surface area contributed by atoms with Crippen molar-refractivity contribution in [3.63, 3.8) is 0 Å². The van der Waals surface area contributed by atoms with Gasteiger partial charge in [0, 0.05) is 4.47 Å². The van der Waals surface area contributed by atoms with Crippen LogP contribution >= 0.6 is 28.3 Å². The molecule has 106 valence electrons. The van der Waals surface area contributed by atoms with Gasteiger partial charge in [-0.15, -0.1) is 12.4 Å². The number of primary amides is 1. The molecule has 2 unspecified atom stereocenters. The maximum atomic E-state index is 11.7. The van der Waals surface area contributed by atoms with E-state index in [1.165, 1.54) is 0 Å². The van der Waals surface area contributed by atoms with E-state index in [1.807, 2.05) is 31.2 Å². The molecule has 5 nitrogen and oxygen atoms in total. The van der Waals surface area contributed by atoms with Gasteiger partial charge in [0.1, 0.15) is 0 Å². The Balaban J connectivity index is 0.00000324. The summed E-state index contributed by atoms with van der Waals surface area (Å²) in [5.74, 6) is -0.983. The Morgan fingerprint density at radius 2 is 1.95 bits per heavy atom. The van der Waals surface area contributed by atoms with Crippen molar-refractivity contribution in [1.29, 1.82) is 0 Å². The minimum atomic E-state index is -0.910. The highest BCUT2D eigenvalue weighted by Gasteiger charge is 2.19. The van der Waals surface area contributed by atoms with Crippen LogP contribution in [0.1, 0.15) is 24.9 Å². The highest BCUT2D eigenvalue weighted by molar-refractivity contribution is 9.10. The van der Waals surface area contributed by atoms with Crippen molar-refractivity contribution in [2.75, 3.05) is 0 Å². The molecular formula is C12H17BrClN3O2. The Morgan fingerprint density at radius 1 is 1.37 bits per heavy atom. The summed E-state index contributed by atoms with van der Waals surface area (Å²) < 4.78 is 0.904. The second-order valence-corrected chi connectivity index (χ2v) is 4.88. The van der Waals surface area contributed by atoms with Crippen LogP contribution in [-0.2, 0) is 9.59 Å². The zero-order valence-corrected chi connectivity index (χ0v) is 12.8. The monoisotopic (exact) mass is 349 g/mol. The Bertz CT molecular complexity index is 456. The van der Waals surface area contributed by atoms with E-state index in [4.69, 9.17) is 11.5 Å². The molecule has 0 aliphatic carbocycles. The van der Waals surface area contributed by atoms with Gasteiger partial charge in [-0.3, -0.25) is 9.59 Å². The predicted molar refractivity (Wildman–Crippen MR) is 79.7 cm³/mol. The van der Waals surface area contributed by atoms with Gasteiger partial charge in [0.15, 0.2) is 0 Å². The lowest BCUT2D eigenvalue weighted by atomic mass is 10.1. The van der Waals surface area contributed by atoms with Gasteiger partial charge in [0.05, 0.1) is 18.5 Å². The number of carbonyl (C=O) groups excluding carboxylic acids is 2. The lowest BCUT2D eigenvalue weighted by Crippen LogP contribution is -2.43. The molecule has 0 saturated heterocycles. The first-order valence-electron chi connectivity index (χ1n) is 5.50. The molecule has 0 radical (unpaired) electrons. The number of halogens is 2. The SMILES string of the molecule is CC(NC(=O)C(N)CC(N)=O)c1ccccc1Br.Cl. The fraction of sp³-hybridized carbons (Fsp3) is 0.333. The van der Waals surface area contributed by atoms with E-state index in [9.17, 15) is 9.59 Å². The normalized spacial score (nSPS) is 13.0. The summed E-state index contributed by atoms with van der Waals surface area (Å²) in [5.41, 5.74) is 11.5. The Labute approximate surface area is 126 Å². The molecule has 5 N–H and O–H groups in total. The number of nitrogens with two attached hydrogens (primary N) is 2. The molecule has 1 rings (SSSR count). The average molecular weight is 351 g/mol. The molecule has 19 heavy (non-hydrogen) atoms. The van der Waals surface area contributed by atoms with Crippen molar-refractivity contribution in [3.8, 4) is 0 Å². The molecule has 7 heteroatoms.